The molecule has 3 N–H and O–H groups in total. The lowest BCUT2D eigenvalue weighted by Crippen LogP contribution is -2.45. The van der Waals surface area contributed by atoms with Crippen molar-refractivity contribution in [2.45, 2.75) is 46.1 Å². The number of nitrogens with zero attached hydrogens (tertiary/aromatic N) is 1. The maximum absolute atomic E-state index is 5.83. The van der Waals surface area contributed by atoms with E-state index in [1.165, 1.54) is 19.3 Å². The van der Waals surface area contributed by atoms with Crippen molar-refractivity contribution >= 4 is 11.5 Å². The number of fused-ring (bicyclic) bond motifs is 2. The van der Waals surface area contributed by atoms with Crippen LogP contribution in [0.3, 0.4) is 0 Å². The van der Waals surface area contributed by atoms with E-state index >= 15 is 0 Å². The first kappa shape index (κ1) is 13.5. The van der Waals surface area contributed by atoms with E-state index in [1.54, 1.807) is 7.11 Å². The molecule has 4 nitrogen and oxygen atoms in total. The van der Waals surface area contributed by atoms with Gasteiger partial charge in [-0.15, -0.1) is 0 Å². The van der Waals surface area contributed by atoms with E-state index in [4.69, 9.17) is 10.5 Å². The molecule has 2 aliphatic carbocycles. The summed E-state index contributed by atoms with van der Waals surface area (Å²) < 4.78 is 5.21. The van der Waals surface area contributed by atoms with Crippen molar-refractivity contribution in [3.8, 4) is 5.88 Å². The Balaban J connectivity index is 1.87. The summed E-state index contributed by atoms with van der Waals surface area (Å²) in [6.07, 6.45) is 3.99. The molecule has 4 heteroatoms. The predicted octanol–water partition coefficient (Wildman–Crippen LogP) is 3.30. The number of pyridine rings is 1. The van der Waals surface area contributed by atoms with Gasteiger partial charge in [0.1, 0.15) is 5.82 Å². The summed E-state index contributed by atoms with van der Waals surface area (Å²) in [7, 11) is 1.60. The second-order valence-corrected chi connectivity index (χ2v) is 7.29. The van der Waals surface area contributed by atoms with Crippen LogP contribution < -0.4 is 15.8 Å². The van der Waals surface area contributed by atoms with Gasteiger partial charge in [0.05, 0.1) is 12.8 Å². The number of hydrogen-bond acceptors (Lipinski definition) is 4. The molecular weight excluding hydrogens is 250 g/mol. The summed E-state index contributed by atoms with van der Waals surface area (Å²) in [6, 6.07) is 4.26. The number of nitrogens with one attached hydrogen (secondary N) is 1. The van der Waals surface area contributed by atoms with E-state index in [9.17, 15) is 0 Å². The Kier molecular flexibility index (Phi) is 2.89. The van der Waals surface area contributed by atoms with E-state index < -0.39 is 0 Å². The van der Waals surface area contributed by atoms with Crippen LogP contribution in [0.25, 0.3) is 0 Å². The second kappa shape index (κ2) is 4.27. The maximum Gasteiger partial charge on any atom is 0.238 e. The Morgan fingerprint density at radius 3 is 2.70 bits per heavy atom. The molecule has 0 saturated heterocycles. The molecule has 2 saturated carbocycles. The third-order valence-electron chi connectivity index (χ3n) is 5.65. The summed E-state index contributed by atoms with van der Waals surface area (Å²) in [6.45, 7) is 7.18. The van der Waals surface area contributed by atoms with Crippen LogP contribution in [0.2, 0.25) is 0 Å². The summed E-state index contributed by atoms with van der Waals surface area (Å²) in [5.74, 6) is 2.18. The third kappa shape index (κ3) is 1.85. The predicted molar refractivity (Wildman–Crippen MR) is 81.8 cm³/mol. The Morgan fingerprint density at radius 1 is 1.35 bits per heavy atom. The largest absolute Gasteiger partial charge is 0.479 e. The van der Waals surface area contributed by atoms with E-state index in [1.807, 2.05) is 12.1 Å². The molecule has 0 aromatic carbocycles. The van der Waals surface area contributed by atoms with E-state index in [0.717, 1.165) is 11.7 Å². The van der Waals surface area contributed by atoms with Gasteiger partial charge in [0.25, 0.3) is 0 Å². The van der Waals surface area contributed by atoms with Gasteiger partial charge in [-0.25, -0.2) is 0 Å². The quantitative estimate of drug-likeness (QED) is 0.888. The molecule has 0 radical (unpaired) electrons. The van der Waals surface area contributed by atoms with Crippen molar-refractivity contribution in [2.75, 3.05) is 18.2 Å². The van der Waals surface area contributed by atoms with Crippen LogP contribution in [-0.4, -0.2) is 18.1 Å². The van der Waals surface area contributed by atoms with Crippen LogP contribution >= 0.6 is 0 Å². The van der Waals surface area contributed by atoms with Gasteiger partial charge in [-0.2, -0.15) is 4.98 Å². The van der Waals surface area contributed by atoms with Crippen LogP contribution in [0.1, 0.15) is 40.0 Å². The van der Waals surface area contributed by atoms with E-state index in [-0.39, 0.29) is 0 Å². The van der Waals surface area contributed by atoms with Gasteiger partial charge in [0, 0.05) is 6.04 Å². The highest BCUT2D eigenvalue weighted by Crippen LogP contribution is 2.63. The van der Waals surface area contributed by atoms with Crippen LogP contribution in [0.4, 0.5) is 11.5 Å². The minimum absolute atomic E-state index is 0.309. The molecule has 2 bridgehead atoms. The molecule has 1 aromatic heterocycles. The number of ether oxygens (including phenoxy) is 1. The number of methoxy groups -OCH3 is 1. The van der Waals surface area contributed by atoms with Crippen molar-refractivity contribution in [3.05, 3.63) is 12.1 Å². The summed E-state index contributed by atoms with van der Waals surface area (Å²) in [4.78, 5) is 4.48. The van der Waals surface area contributed by atoms with Gasteiger partial charge in [-0.3, -0.25) is 0 Å². The molecule has 1 heterocycles. The highest BCUT2D eigenvalue weighted by atomic mass is 16.5. The molecule has 0 amide bonds. The lowest BCUT2D eigenvalue weighted by Gasteiger charge is -2.43. The molecule has 3 atom stereocenters. The summed E-state index contributed by atoms with van der Waals surface area (Å²) in [5, 5.41) is 3.66. The highest BCUT2D eigenvalue weighted by molar-refractivity contribution is 5.54. The van der Waals surface area contributed by atoms with Crippen molar-refractivity contribution in [1.29, 1.82) is 0 Å². The fourth-order valence-corrected chi connectivity index (χ4v) is 4.51. The first-order chi connectivity index (χ1) is 9.37. The van der Waals surface area contributed by atoms with Crippen molar-refractivity contribution < 1.29 is 4.74 Å². The normalized spacial score (nSPS) is 34.2. The van der Waals surface area contributed by atoms with Crippen LogP contribution in [-0.2, 0) is 0 Å². The van der Waals surface area contributed by atoms with Crippen LogP contribution in [0.15, 0.2) is 12.1 Å². The minimum Gasteiger partial charge on any atom is -0.479 e. The zero-order valence-corrected chi connectivity index (χ0v) is 12.9. The lowest BCUT2D eigenvalue weighted by atomic mass is 9.68. The van der Waals surface area contributed by atoms with Crippen molar-refractivity contribution in [2.24, 2.45) is 16.7 Å². The van der Waals surface area contributed by atoms with E-state index in [0.29, 0.717) is 28.4 Å². The van der Waals surface area contributed by atoms with Gasteiger partial charge in [0.15, 0.2) is 0 Å². The number of rotatable bonds is 3. The first-order valence-corrected chi connectivity index (χ1v) is 7.44. The Hall–Kier alpha value is -1.45. The molecule has 3 rings (SSSR count). The Bertz CT molecular complexity index is 524. The topological polar surface area (TPSA) is 60.2 Å². The molecule has 2 fully saturated rings. The molecule has 110 valence electrons. The van der Waals surface area contributed by atoms with Crippen molar-refractivity contribution in [1.82, 2.24) is 4.98 Å². The molecule has 1 aromatic rings. The molecule has 20 heavy (non-hydrogen) atoms. The number of anilines is 2. The number of aromatic nitrogens is 1. The third-order valence-corrected chi connectivity index (χ3v) is 5.65. The number of nitrogen functional groups attached to an aromatic ring is 1. The number of hydrogen-bond donors (Lipinski definition) is 2. The minimum atomic E-state index is 0.309. The molecule has 2 aliphatic rings. The van der Waals surface area contributed by atoms with Crippen molar-refractivity contribution in [3.63, 3.8) is 0 Å². The zero-order valence-electron chi connectivity index (χ0n) is 12.9. The number of nitrogens with two attached hydrogens (primary N) is 1. The smallest absolute Gasteiger partial charge is 0.238 e. The Labute approximate surface area is 121 Å². The average molecular weight is 275 g/mol. The lowest BCUT2D eigenvalue weighted by molar-refractivity contribution is 0.155. The van der Waals surface area contributed by atoms with Gasteiger partial charge < -0.3 is 15.8 Å². The van der Waals surface area contributed by atoms with Gasteiger partial charge in [-0.05, 0) is 48.1 Å². The zero-order chi connectivity index (χ0) is 14.5. The monoisotopic (exact) mass is 275 g/mol. The summed E-state index contributed by atoms with van der Waals surface area (Å²) >= 11 is 0. The fraction of sp³-hybridized carbons (Fsp3) is 0.688. The fourth-order valence-electron chi connectivity index (χ4n) is 4.51. The van der Waals surface area contributed by atoms with Gasteiger partial charge in [0.2, 0.25) is 5.88 Å². The summed E-state index contributed by atoms with van der Waals surface area (Å²) in [5.41, 5.74) is 7.10. The van der Waals surface area contributed by atoms with Gasteiger partial charge in [-0.1, -0.05) is 20.8 Å². The SMILES string of the molecule is COc1nc(NC2C3(C)CCC(C3)C2(C)C)ccc1N. The first-order valence-electron chi connectivity index (χ1n) is 7.44. The molecular formula is C16H25N3O. The Morgan fingerprint density at radius 2 is 2.10 bits per heavy atom. The van der Waals surface area contributed by atoms with Crippen LogP contribution in [0.5, 0.6) is 5.88 Å². The highest BCUT2D eigenvalue weighted by Gasteiger charge is 2.59. The maximum atomic E-state index is 5.83. The molecule has 0 spiro atoms. The molecule has 0 aliphatic heterocycles. The molecule has 3 unspecified atom stereocenters. The second-order valence-electron chi connectivity index (χ2n) is 7.29. The van der Waals surface area contributed by atoms with Gasteiger partial charge >= 0.3 is 0 Å². The standard InChI is InChI=1S/C16H25N3O/c1-15(2)10-7-8-16(3,9-10)14(15)19-12-6-5-11(17)13(18-12)20-4/h5-6,10,14H,7-9,17H2,1-4H3,(H,18,19). The average Bonchev–Trinajstić information content (AvgIpc) is 2.87. The van der Waals surface area contributed by atoms with Crippen LogP contribution in [0, 0.1) is 16.7 Å². The van der Waals surface area contributed by atoms with E-state index in [2.05, 4.69) is 31.1 Å².